The molecule has 0 aliphatic carbocycles. The minimum Gasteiger partial charge on any atom is -0.206 e. The molecule has 3 heteroatoms. The van der Waals surface area contributed by atoms with E-state index < -0.39 is 0 Å². The van der Waals surface area contributed by atoms with Crippen molar-refractivity contribution in [1.82, 2.24) is 0 Å². The highest BCUT2D eigenvalue weighted by Gasteiger charge is 2.08. The molecule has 0 saturated heterocycles. The maximum atomic E-state index is 13.4. The third-order valence-electron chi connectivity index (χ3n) is 2.43. The largest absolute Gasteiger partial charge is 0.206 e. The van der Waals surface area contributed by atoms with Crippen molar-refractivity contribution in [2.45, 2.75) is 6.92 Å². The lowest BCUT2D eigenvalue weighted by atomic mass is 10.0. The summed E-state index contributed by atoms with van der Waals surface area (Å²) in [6.07, 6.45) is 0. The summed E-state index contributed by atoms with van der Waals surface area (Å²) in [6, 6.07) is 10.7. The zero-order valence-electron chi connectivity index (χ0n) is 8.60. The summed E-state index contributed by atoms with van der Waals surface area (Å²) >= 11 is 9.25. The third-order valence-corrected chi connectivity index (χ3v) is 3.39. The van der Waals surface area contributed by atoms with Crippen LogP contribution in [0.25, 0.3) is 11.1 Å². The molecule has 82 valence electrons. The van der Waals surface area contributed by atoms with Crippen molar-refractivity contribution < 1.29 is 4.39 Å². The van der Waals surface area contributed by atoms with E-state index in [1.165, 1.54) is 6.07 Å². The van der Waals surface area contributed by atoms with Crippen molar-refractivity contribution in [3.8, 4) is 11.1 Å². The molecule has 0 atom stereocenters. The third kappa shape index (κ3) is 2.13. The van der Waals surface area contributed by atoms with Gasteiger partial charge in [-0.3, -0.25) is 0 Å². The van der Waals surface area contributed by atoms with Crippen LogP contribution in [0.5, 0.6) is 0 Å². The van der Waals surface area contributed by atoms with E-state index in [-0.39, 0.29) is 5.82 Å². The summed E-state index contributed by atoms with van der Waals surface area (Å²) in [5.74, 6) is -0.281. The average Bonchev–Trinajstić information content (AvgIpc) is 2.23. The Bertz CT molecular complexity index is 517. The average molecular weight is 300 g/mol. The summed E-state index contributed by atoms with van der Waals surface area (Å²) in [5.41, 5.74) is 2.72. The summed E-state index contributed by atoms with van der Waals surface area (Å²) in [4.78, 5) is 0. The molecule has 0 aliphatic heterocycles. The highest BCUT2D eigenvalue weighted by molar-refractivity contribution is 9.10. The molecule has 2 aromatic carbocycles. The molecule has 0 N–H and O–H groups in total. The molecular formula is C13H9BrClF. The fourth-order valence-electron chi connectivity index (χ4n) is 1.65. The normalized spacial score (nSPS) is 10.5. The van der Waals surface area contributed by atoms with Crippen LogP contribution in [-0.2, 0) is 0 Å². The molecule has 0 nitrogen and oxygen atoms in total. The molecule has 16 heavy (non-hydrogen) atoms. The Morgan fingerprint density at radius 3 is 2.56 bits per heavy atom. The Kier molecular flexibility index (Phi) is 3.31. The highest BCUT2D eigenvalue weighted by Crippen LogP contribution is 2.32. The Labute approximate surface area is 107 Å². The summed E-state index contributed by atoms with van der Waals surface area (Å²) < 4.78 is 13.9. The predicted molar refractivity (Wildman–Crippen MR) is 69.3 cm³/mol. The summed E-state index contributed by atoms with van der Waals surface area (Å²) in [6.45, 7) is 1.96. The van der Waals surface area contributed by atoms with Crippen molar-refractivity contribution in [2.24, 2.45) is 0 Å². The zero-order chi connectivity index (χ0) is 11.7. The van der Waals surface area contributed by atoms with Gasteiger partial charge in [-0.15, -0.1) is 0 Å². The number of benzene rings is 2. The van der Waals surface area contributed by atoms with E-state index in [4.69, 9.17) is 11.6 Å². The fourth-order valence-corrected chi connectivity index (χ4v) is 2.23. The van der Waals surface area contributed by atoms with Crippen LogP contribution in [0.15, 0.2) is 40.9 Å². The Balaban J connectivity index is 2.63. The van der Waals surface area contributed by atoms with Gasteiger partial charge in [0.25, 0.3) is 0 Å². The van der Waals surface area contributed by atoms with Gasteiger partial charge in [0.15, 0.2) is 0 Å². The second-order valence-electron chi connectivity index (χ2n) is 3.56. The quantitative estimate of drug-likeness (QED) is 0.677. The molecule has 0 aliphatic rings. The van der Waals surface area contributed by atoms with Crippen molar-refractivity contribution in [2.75, 3.05) is 0 Å². The van der Waals surface area contributed by atoms with Crippen molar-refractivity contribution >= 4 is 27.5 Å². The van der Waals surface area contributed by atoms with Crippen molar-refractivity contribution in [3.63, 3.8) is 0 Å². The van der Waals surface area contributed by atoms with E-state index in [0.29, 0.717) is 9.50 Å². The molecule has 2 rings (SSSR count). The standard InChI is InChI=1S/C13H9BrClF/c1-8-3-2-4-11(15)13(8)9-5-6-10(14)12(16)7-9/h2-7H,1H3. The SMILES string of the molecule is Cc1cccc(Cl)c1-c1ccc(Br)c(F)c1. The Morgan fingerprint density at radius 1 is 1.19 bits per heavy atom. The number of hydrogen-bond donors (Lipinski definition) is 0. The maximum Gasteiger partial charge on any atom is 0.137 e. The van der Waals surface area contributed by atoms with Crippen molar-refractivity contribution in [3.05, 3.63) is 57.3 Å². The first-order valence-electron chi connectivity index (χ1n) is 4.80. The first-order valence-corrected chi connectivity index (χ1v) is 5.97. The highest BCUT2D eigenvalue weighted by atomic mass is 79.9. The first-order chi connectivity index (χ1) is 7.59. The van der Waals surface area contributed by atoms with E-state index in [1.807, 2.05) is 31.2 Å². The van der Waals surface area contributed by atoms with Crippen molar-refractivity contribution in [1.29, 1.82) is 0 Å². The van der Waals surface area contributed by atoms with E-state index in [1.54, 1.807) is 6.07 Å². The fraction of sp³-hybridized carbons (Fsp3) is 0.0769. The van der Waals surface area contributed by atoms with Gasteiger partial charge >= 0.3 is 0 Å². The maximum absolute atomic E-state index is 13.4. The minimum atomic E-state index is -0.281. The monoisotopic (exact) mass is 298 g/mol. The molecule has 0 radical (unpaired) electrons. The van der Waals surface area contributed by atoms with E-state index in [0.717, 1.165) is 16.7 Å². The topological polar surface area (TPSA) is 0 Å². The second kappa shape index (κ2) is 4.56. The van der Waals surface area contributed by atoms with Crippen LogP contribution in [0.2, 0.25) is 5.02 Å². The molecule has 0 fully saturated rings. The number of rotatable bonds is 1. The smallest absolute Gasteiger partial charge is 0.137 e. The van der Waals surface area contributed by atoms with Gasteiger partial charge in [-0.2, -0.15) is 0 Å². The molecule has 0 bridgehead atoms. The second-order valence-corrected chi connectivity index (χ2v) is 4.82. The van der Waals surface area contributed by atoms with Gasteiger partial charge in [-0.05, 0) is 52.2 Å². The predicted octanol–water partition coefficient (Wildman–Crippen LogP) is 5.22. The van der Waals surface area contributed by atoms with Crippen LogP contribution in [-0.4, -0.2) is 0 Å². The number of aryl methyl sites for hydroxylation is 1. The summed E-state index contributed by atoms with van der Waals surface area (Å²) in [7, 11) is 0. The lowest BCUT2D eigenvalue weighted by Gasteiger charge is -2.08. The van der Waals surface area contributed by atoms with Crippen LogP contribution in [0.3, 0.4) is 0 Å². The van der Waals surface area contributed by atoms with Gasteiger partial charge in [0.05, 0.1) is 4.47 Å². The van der Waals surface area contributed by atoms with E-state index in [2.05, 4.69) is 15.9 Å². The van der Waals surface area contributed by atoms with Crippen LogP contribution in [0.4, 0.5) is 4.39 Å². The molecule has 0 amide bonds. The number of halogens is 3. The zero-order valence-corrected chi connectivity index (χ0v) is 10.9. The summed E-state index contributed by atoms with van der Waals surface area (Å²) in [5, 5.41) is 0.640. The molecule has 0 saturated carbocycles. The Hall–Kier alpha value is -0.860. The van der Waals surface area contributed by atoms with Crippen LogP contribution in [0, 0.1) is 12.7 Å². The molecular weight excluding hydrogens is 290 g/mol. The van der Waals surface area contributed by atoms with E-state index >= 15 is 0 Å². The molecule has 0 aromatic heterocycles. The molecule has 0 unspecified atom stereocenters. The molecule has 2 aromatic rings. The van der Waals surface area contributed by atoms with Crippen LogP contribution >= 0.6 is 27.5 Å². The van der Waals surface area contributed by atoms with Gasteiger partial charge in [-0.1, -0.05) is 29.8 Å². The van der Waals surface area contributed by atoms with Gasteiger partial charge in [0.1, 0.15) is 5.82 Å². The van der Waals surface area contributed by atoms with E-state index in [9.17, 15) is 4.39 Å². The minimum absolute atomic E-state index is 0.281. The lowest BCUT2D eigenvalue weighted by Crippen LogP contribution is -1.86. The molecule has 0 heterocycles. The lowest BCUT2D eigenvalue weighted by molar-refractivity contribution is 0.621. The van der Waals surface area contributed by atoms with Crippen LogP contribution < -0.4 is 0 Å². The van der Waals surface area contributed by atoms with Crippen LogP contribution in [0.1, 0.15) is 5.56 Å². The Morgan fingerprint density at radius 2 is 1.94 bits per heavy atom. The van der Waals surface area contributed by atoms with Gasteiger partial charge < -0.3 is 0 Å². The number of hydrogen-bond acceptors (Lipinski definition) is 0. The molecule has 0 spiro atoms. The van der Waals surface area contributed by atoms with Gasteiger partial charge in [0.2, 0.25) is 0 Å². The first kappa shape index (κ1) is 11.6. The van der Waals surface area contributed by atoms with Gasteiger partial charge in [0, 0.05) is 10.6 Å². The van der Waals surface area contributed by atoms with Gasteiger partial charge in [-0.25, -0.2) is 4.39 Å².